The Balaban J connectivity index is 2.14. The number of nitrogens with zero attached hydrogens (tertiary/aromatic N) is 2. The maximum absolute atomic E-state index is 12.6. The number of carbonyl (C=O) groups is 1. The molecular weight excluding hydrogens is 403 g/mol. The number of aromatic nitrogens is 2. The molecule has 160 valence electrons. The number of halogens is 3. The highest BCUT2D eigenvalue weighted by Crippen LogP contribution is 2.32. The van der Waals surface area contributed by atoms with Crippen molar-refractivity contribution in [2.75, 3.05) is 0 Å². The van der Waals surface area contributed by atoms with Crippen LogP contribution in [0.1, 0.15) is 31.5 Å². The van der Waals surface area contributed by atoms with Gasteiger partial charge in [0.1, 0.15) is 17.8 Å². The molecule has 30 heavy (non-hydrogen) atoms. The molecule has 0 saturated carbocycles. The van der Waals surface area contributed by atoms with Crippen molar-refractivity contribution in [2.24, 2.45) is 11.1 Å². The molecule has 2 heterocycles. The van der Waals surface area contributed by atoms with Gasteiger partial charge in [-0.1, -0.05) is 6.07 Å². The Labute approximate surface area is 169 Å². The first-order valence-corrected chi connectivity index (χ1v) is 8.92. The predicted molar refractivity (Wildman–Crippen MR) is 102 cm³/mol. The highest BCUT2D eigenvalue weighted by atomic mass is 19.4. The van der Waals surface area contributed by atoms with Gasteiger partial charge in [0, 0.05) is 23.6 Å². The molecule has 3 rings (SSSR count). The molecule has 0 aliphatic carbocycles. The molecule has 0 radical (unpaired) electrons. The van der Waals surface area contributed by atoms with Gasteiger partial charge in [-0.15, -0.1) is 13.2 Å². The van der Waals surface area contributed by atoms with Gasteiger partial charge in [0.15, 0.2) is 0 Å². The highest BCUT2D eigenvalue weighted by molar-refractivity contribution is 5.84. The van der Waals surface area contributed by atoms with Crippen LogP contribution in [0.25, 0.3) is 16.7 Å². The van der Waals surface area contributed by atoms with Gasteiger partial charge in [-0.2, -0.15) is 0 Å². The van der Waals surface area contributed by atoms with E-state index in [0.29, 0.717) is 16.6 Å². The molecule has 0 aliphatic rings. The number of hydrogen-bond acceptors (Lipinski definition) is 5. The van der Waals surface area contributed by atoms with Gasteiger partial charge in [-0.3, -0.25) is 9.36 Å². The van der Waals surface area contributed by atoms with E-state index in [-0.39, 0.29) is 17.9 Å². The molecule has 2 aromatic heterocycles. The smallest absolute Gasteiger partial charge is 0.481 e. The van der Waals surface area contributed by atoms with E-state index in [4.69, 9.17) is 5.73 Å². The van der Waals surface area contributed by atoms with Crippen molar-refractivity contribution in [3.8, 4) is 11.6 Å². The van der Waals surface area contributed by atoms with Crippen LogP contribution in [0.2, 0.25) is 0 Å². The van der Waals surface area contributed by atoms with Gasteiger partial charge >= 0.3 is 12.3 Å². The molecule has 0 spiro atoms. The van der Waals surface area contributed by atoms with E-state index in [9.17, 15) is 28.2 Å². The third-order valence-electron chi connectivity index (χ3n) is 4.56. The molecular formula is C20H20F3N3O4. The van der Waals surface area contributed by atoms with Crippen LogP contribution >= 0.6 is 0 Å². The topological polar surface area (TPSA) is 111 Å². The number of alkyl halides is 3. The van der Waals surface area contributed by atoms with E-state index >= 15 is 0 Å². The first-order valence-electron chi connectivity index (χ1n) is 8.92. The van der Waals surface area contributed by atoms with Crippen LogP contribution in [0.15, 0.2) is 42.5 Å². The summed E-state index contributed by atoms with van der Waals surface area (Å²) in [6.07, 6.45) is -6.16. The van der Waals surface area contributed by atoms with Gasteiger partial charge in [0.2, 0.25) is 0 Å². The minimum absolute atomic E-state index is 0.123. The van der Waals surface area contributed by atoms with Crippen LogP contribution in [0.3, 0.4) is 0 Å². The predicted octanol–water partition coefficient (Wildman–Crippen LogP) is 3.53. The summed E-state index contributed by atoms with van der Waals surface area (Å²) in [4.78, 5) is 15.9. The lowest BCUT2D eigenvalue weighted by Gasteiger charge is -2.19. The normalized spacial score (nSPS) is 13.4. The quantitative estimate of drug-likeness (QED) is 0.523. The number of fused-ring (bicyclic) bond motifs is 1. The number of ether oxygens (including phenoxy) is 1. The Morgan fingerprint density at radius 1 is 1.23 bits per heavy atom. The Morgan fingerprint density at radius 3 is 2.53 bits per heavy atom. The Morgan fingerprint density at radius 2 is 1.93 bits per heavy atom. The first-order chi connectivity index (χ1) is 13.9. The molecule has 0 aliphatic heterocycles. The van der Waals surface area contributed by atoms with Crippen molar-refractivity contribution in [1.29, 1.82) is 0 Å². The molecule has 1 atom stereocenters. The van der Waals surface area contributed by atoms with Gasteiger partial charge in [-0.05, 0) is 44.2 Å². The Kier molecular flexibility index (Phi) is 5.48. The first kappa shape index (κ1) is 21.6. The van der Waals surface area contributed by atoms with Gasteiger partial charge in [-0.25, -0.2) is 4.98 Å². The van der Waals surface area contributed by atoms with Crippen LogP contribution in [0, 0.1) is 5.41 Å². The lowest BCUT2D eigenvalue weighted by molar-refractivity contribution is -0.274. The van der Waals surface area contributed by atoms with Crippen molar-refractivity contribution in [3.05, 3.63) is 53.9 Å². The summed E-state index contributed by atoms with van der Waals surface area (Å²) >= 11 is 0. The maximum atomic E-state index is 12.6. The second-order valence-electron chi connectivity index (χ2n) is 7.47. The Bertz CT molecular complexity index is 1090. The molecule has 0 fully saturated rings. The molecule has 0 amide bonds. The van der Waals surface area contributed by atoms with E-state index in [1.54, 1.807) is 32.0 Å². The highest BCUT2D eigenvalue weighted by Gasteiger charge is 2.31. The zero-order chi connectivity index (χ0) is 22.3. The zero-order valence-corrected chi connectivity index (χ0v) is 16.1. The monoisotopic (exact) mass is 423 g/mol. The average Bonchev–Trinajstić information content (AvgIpc) is 2.99. The molecule has 1 aromatic carbocycles. The second kappa shape index (κ2) is 7.62. The fraction of sp³-hybridized carbons (Fsp3) is 0.300. The Hall–Kier alpha value is -3.11. The molecule has 1 unspecified atom stereocenters. The van der Waals surface area contributed by atoms with E-state index in [0.717, 1.165) is 6.07 Å². The SMILES string of the molecule is CC(C)(Cc1cccc(-n2c(C(N)O)cc3ccc(OC(F)(F)F)cc32)n1)C(=O)O. The number of nitrogens with two attached hydrogens (primary N) is 1. The van der Waals surface area contributed by atoms with Crippen LogP contribution in [0.5, 0.6) is 5.75 Å². The van der Waals surface area contributed by atoms with E-state index in [1.165, 1.54) is 22.8 Å². The third kappa shape index (κ3) is 4.55. The van der Waals surface area contributed by atoms with Crippen molar-refractivity contribution < 1.29 is 32.9 Å². The average molecular weight is 423 g/mol. The third-order valence-corrected chi connectivity index (χ3v) is 4.56. The van der Waals surface area contributed by atoms with E-state index in [1.807, 2.05) is 0 Å². The summed E-state index contributed by atoms with van der Waals surface area (Å²) < 4.78 is 43.3. The lowest BCUT2D eigenvalue weighted by Crippen LogP contribution is -2.26. The number of rotatable bonds is 6. The summed E-state index contributed by atoms with van der Waals surface area (Å²) in [6, 6.07) is 10.2. The summed E-state index contributed by atoms with van der Waals surface area (Å²) in [5, 5.41) is 19.9. The van der Waals surface area contributed by atoms with Crippen LogP contribution in [-0.4, -0.2) is 32.1 Å². The van der Waals surface area contributed by atoms with Gasteiger partial charge in [0.25, 0.3) is 0 Å². The van der Waals surface area contributed by atoms with Gasteiger partial charge in [0.05, 0.1) is 16.6 Å². The molecule has 4 N–H and O–H groups in total. The zero-order valence-electron chi connectivity index (χ0n) is 16.1. The number of carboxylic acid groups (broad SMARTS) is 1. The molecule has 0 saturated heterocycles. The van der Waals surface area contributed by atoms with Crippen molar-refractivity contribution in [1.82, 2.24) is 9.55 Å². The molecule has 7 nitrogen and oxygen atoms in total. The lowest BCUT2D eigenvalue weighted by atomic mass is 9.88. The number of aliphatic hydroxyl groups is 1. The number of hydrogen-bond donors (Lipinski definition) is 3. The van der Waals surface area contributed by atoms with Crippen molar-refractivity contribution in [3.63, 3.8) is 0 Å². The number of benzene rings is 1. The second-order valence-corrected chi connectivity index (χ2v) is 7.47. The molecule has 3 aromatic rings. The fourth-order valence-corrected chi connectivity index (χ4v) is 3.09. The van der Waals surface area contributed by atoms with Crippen LogP contribution in [-0.2, 0) is 11.2 Å². The standard InChI is InChI=1S/C20H20F3N3O4/c1-19(2,18(28)29)10-12-4-3-5-16(25-12)26-14-9-13(30-20(21,22)23)7-6-11(14)8-15(26)17(24)27/h3-9,17,27H,10,24H2,1-2H3,(H,28,29). The summed E-state index contributed by atoms with van der Waals surface area (Å²) in [6.45, 7) is 3.12. The van der Waals surface area contributed by atoms with E-state index < -0.39 is 29.7 Å². The number of pyridine rings is 1. The van der Waals surface area contributed by atoms with Crippen molar-refractivity contribution in [2.45, 2.75) is 32.9 Å². The minimum Gasteiger partial charge on any atom is -0.481 e. The summed E-state index contributed by atoms with van der Waals surface area (Å²) in [5.74, 6) is -1.16. The largest absolute Gasteiger partial charge is 0.573 e. The number of aliphatic carboxylic acids is 1. The number of aliphatic hydroxyl groups excluding tert-OH is 1. The molecule has 0 bridgehead atoms. The van der Waals surface area contributed by atoms with E-state index in [2.05, 4.69) is 9.72 Å². The molecule has 10 heteroatoms. The van der Waals surface area contributed by atoms with Gasteiger partial charge < -0.3 is 20.7 Å². The maximum Gasteiger partial charge on any atom is 0.573 e. The fourth-order valence-electron chi connectivity index (χ4n) is 3.09. The van der Waals surface area contributed by atoms with Crippen LogP contribution in [0.4, 0.5) is 13.2 Å². The number of carboxylic acids is 1. The summed E-state index contributed by atoms with van der Waals surface area (Å²) in [5.41, 5.74) is 5.53. The minimum atomic E-state index is -4.86. The van der Waals surface area contributed by atoms with Crippen LogP contribution < -0.4 is 10.5 Å². The summed E-state index contributed by atoms with van der Waals surface area (Å²) in [7, 11) is 0. The van der Waals surface area contributed by atoms with Crippen molar-refractivity contribution >= 4 is 16.9 Å².